The van der Waals surface area contributed by atoms with Crippen molar-refractivity contribution in [2.24, 2.45) is 7.05 Å². The molecule has 35 heavy (non-hydrogen) atoms. The van der Waals surface area contributed by atoms with Gasteiger partial charge in [0.05, 0.1) is 40.2 Å². The van der Waals surface area contributed by atoms with Crippen molar-refractivity contribution in [2.45, 2.75) is 24.8 Å². The molecule has 0 fully saturated rings. The molecule has 0 saturated carbocycles. The molecule has 1 amide bonds. The van der Waals surface area contributed by atoms with Crippen molar-refractivity contribution < 1.29 is 9.21 Å². The Morgan fingerprint density at radius 2 is 2.11 bits per heavy atom. The number of rotatable bonds is 4. The molecular weight excluding hydrogens is 484 g/mol. The van der Waals surface area contributed by atoms with Gasteiger partial charge in [-0.25, -0.2) is 9.50 Å². The SMILES string of the molecule is Cc1nn(C)cc1-c1nnc(C(=O)N2CCc3[nH]cnc3[C@H]2c2cc3cccc(C(P)P)n3n2)o1. The third-order valence-electron chi connectivity index (χ3n) is 6.19. The Balaban J connectivity index is 1.41. The second-order valence-corrected chi connectivity index (χ2v) is 10.7. The Bertz CT molecular complexity index is 1560. The van der Waals surface area contributed by atoms with Gasteiger partial charge in [-0.2, -0.15) is 10.2 Å². The Morgan fingerprint density at radius 3 is 2.89 bits per heavy atom. The van der Waals surface area contributed by atoms with Crippen LogP contribution in [-0.2, 0) is 13.5 Å². The molecule has 0 aliphatic carbocycles. The highest BCUT2D eigenvalue weighted by atomic mass is 31.1. The minimum Gasteiger partial charge on any atom is -0.412 e. The summed E-state index contributed by atoms with van der Waals surface area (Å²) in [4.78, 5) is 23.1. The molecule has 5 aromatic rings. The molecule has 5 aromatic heterocycles. The molecule has 1 aliphatic heterocycles. The van der Waals surface area contributed by atoms with Crippen LogP contribution in [0.3, 0.4) is 0 Å². The van der Waals surface area contributed by atoms with Crippen LogP contribution in [0.15, 0.2) is 41.2 Å². The van der Waals surface area contributed by atoms with E-state index in [1.165, 1.54) is 0 Å². The first kappa shape index (κ1) is 22.1. The first-order valence-electron chi connectivity index (χ1n) is 11.1. The number of hydrogen-bond donors (Lipinski definition) is 1. The number of pyridine rings is 1. The average Bonchev–Trinajstić information content (AvgIpc) is 3.62. The molecule has 0 saturated heterocycles. The molecule has 0 aromatic carbocycles. The van der Waals surface area contributed by atoms with Crippen molar-refractivity contribution in [3.8, 4) is 11.5 Å². The van der Waals surface area contributed by atoms with Crippen molar-refractivity contribution in [3.63, 3.8) is 0 Å². The number of aromatic nitrogens is 8. The van der Waals surface area contributed by atoms with Gasteiger partial charge >= 0.3 is 11.8 Å². The van der Waals surface area contributed by atoms with Gasteiger partial charge in [0.1, 0.15) is 6.04 Å². The van der Waals surface area contributed by atoms with Crippen molar-refractivity contribution in [1.82, 2.24) is 44.5 Å². The third-order valence-corrected chi connectivity index (χ3v) is 6.88. The maximum atomic E-state index is 13.7. The zero-order chi connectivity index (χ0) is 24.3. The van der Waals surface area contributed by atoms with Crippen molar-refractivity contribution in [1.29, 1.82) is 0 Å². The molecule has 6 rings (SSSR count). The van der Waals surface area contributed by atoms with E-state index in [-0.39, 0.29) is 23.1 Å². The van der Waals surface area contributed by atoms with Crippen LogP contribution in [-0.4, -0.2) is 56.9 Å². The lowest BCUT2D eigenvalue weighted by Crippen LogP contribution is -2.41. The summed E-state index contributed by atoms with van der Waals surface area (Å²) >= 11 is 0. The lowest BCUT2D eigenvalue weighted by atomic mass is 9.99. The Kier molecular flexibility index (Phi) is 5.27. The first-order chi connectivity index (χ1) is 16.9. The van der Waals surface area contributed by atoms with Gasteiger partial charge in [0.2, 0.25) is 0 Å². The predicted molar refractivity (Wildman–Crippen MR) is 134 cm³/mol. The molecule has 11 nitrogen and oxygen atoms in total. The Morgan fingerprint density at radius 1 is 1.26 bits per heavy atom. The molecule has 1 N–H and O–H groups in total. The lowest BCUT2D eigenvalue weighted by Gasteiger charge is -2.32. The number of hydrogen-bond acceptors (Lipinski definition) is 7. The molecular formula is C22H23N9O2P2. The maximum Gasteiger partial charge on any atom is 0.312 e. The average molecular weight is 507 g/mol. The van der Waals surface area contributed by atoms with Gasteiger partial charge in [0, 0.05) is 37.3 Å². The number of aryl methyl sites for hydroxylation is 2. The highest BCUT2D eigenvalue weighted by Gasteiger charge is 2.38. The van der Waals surface area contributed by atoms with Crippen molar-refractivity contribution in [2.75, 3.05) is 6.54 Å². The van der Waals surface area contributed by atoms with Crippen LogP contribution in [0.5, 0.6) is 0 Å². The van der Waals surface area contributed by atoms with Gasteiger partial charge < -0.3 is 14.3 Å². The van der Waals surface area contributed by atoms with E-state index >= 15 is 0 Å². The van der Waals surface area contributed by atoms with Gasteiger partial charge in [-0.3, -0.25) is 9.48 Å². The van der Waals surface area contributed by atoms with Crippen LogP contribution < -0.4 is 0 Å². The molecule has 178 valence electrons. The van der Waals surface area contributed by atoms with Crippen LogP contribution in [0.2, 0.25) is 0 Å². The number of nitrogens with one attached hydrogen (secondary N) is 1. The number of H-pyrrole nitrogens is 1. The standard InChI is InChI=1S/C22H23N9O2P2/c1-11-13(9-29(2)27-11)19-25-26-20(33-19)21(32)30-7-6-14-17(24-10-23-14)18(30)15-8-12-4-3-5-16(22(34)35)31(12)28-15/h3-5,8-10,18,22H,6-7,34-35H2,1-2H3,(H,23,24)/t18-/m1/s1. The van der Waals surface area contributed by atoms with Crippen LogP contribution in [0.25, 0.3) is 17.0 Å². The summed E-state index contributed by atoms with van der Waals surface area (Å²) in [6, 6.07) is 7.53. The molecule has 2 unspecified atom stereocenters. The monoisotopic (exact) mass is 507 g/mol. The third kappa shape index (κ3) is 3.66. The molecule has 1 aliphatic rings. The second kappa shape index (κ2) is 8.36. The van der Waals surface area contributed by atoms with E-state index < -0.39 is 6.04 Å². The maximum absolute atomic E-state index is 13.7. The number of carbonyl (C=O) groups is 1. The molecule has 3 atom stereocenters. The first-order valence-corrected chi connectivity index (χ1v) is 12.4. The van der Waals surface area contributed by atoms with E-state index in [1.54, 1.807) is 22.1 Å². The van der Waals surface area contributed by atoms with E-state index in [0.29, 0.717) is 18.5 Å². The summed E-state index contributed by atoms with van der Waals surface area (Å²) in [7, 11) is 7.35. The zero-order valence-corrected chi connectivity index (χ0v) is 21.4. The summed E-state index contributed by atoms with van der Waals surface area (Å²) in [6.07, 6.45) is 4.08. The van der Waals surface area contributed by atoms with Gasteiger partial charge in [0.25, 0.3) is 5.89 Å². The summed E-state index contributed by atoms with van der Waals surface area (Å²) in [5.41, 5.74) is 5.88. The predicted octanol–water partition coefficient (Wildman–Crippen LogP) is 2.69. The fourth-order valence-electron chi connectivity index (χ4n) is 4.59. The topological polar surface area (TPSA) is 123 Å². The Hall–Kier alpha value is -3.42. The fraction of sp³-hybridized carbons (Fsp3) is 0.273. The van der Waals surface area contributed by atoms with Crippen molar-refractivity contribution >= 4 is 29.9 Å². The number of nitrogens with zero attached hydrogens (tertiary/aromatic N) is 8. The van der Waals surface area contributed by atoms with Gasteiger partial charge in [-0.15, -0.1) is 28.7 Å². The van der Waals surface area contributed by atoms with Crippen LogP contribution in [0, 0.1) is 6.92 Å². The number of fused-ring (bicyclic) bond motifs is 2. The summed E-state index contributed by atoms with van der Waals surface area (Å²) in [6.45, 7) is 2.31. The lowest BCUT2D eigenvalue weighted by molar-refractivity contribution is 0.0646. The molecule has 0 bridgehead atoms. The second-order valence-electron chi connectivity index (χ2n) is 8.51. The summed E-state index contributed by atoms with van der Waals surface area (Å²) < 4.78 is 9.39. The fourth-order valence-corrected chi connectivity index (χ4v) is 5.09. The quantitative estimate of drug-likeness (QED) is 0.371. The van der Waals surface area contributed by atoms with Crippen LogP contribution >= 0.6 is 18.5 Å². The van der Waals surface area contributed by atoms with E-state index in [2.05, 4.69) is 43.7 Å². The van der Waals surface area contributed by atoms with Gasteiger partial charge in [0.15, 0.2) is 0 Å². The normalized spacial score (nSPS) is 15.8. The minimum absolute atomic E-state index is 0.0772. The number of imidazole rings is 1. The molecule has 13 heteroatoms. The number of aromatic amines is 1. The van der Waals surface area contributed by atoms with Crippen molar-refractivity contribution in [3.05, 3.63) is 71.1 Å². The van der Waals surface area contributed by atoms with E-state index in [9.17, 15) is 4.79 Å². The Labute approximate surface area is 204 Å². The molecule has 0 spiro atoms. The van der Waals surface area contributed by atoms with E-state index in [4.69, 9.17) is 9.52 Å². The van der Waals surface area contributed by atoms with Gasteiger partial charge in [-0.1, -0.05) is 6.07 Å². The number of carbonyl (C=O) groups excluding carboxylic acids is 1. The van der Waals surface area contributed by atoms with E-state index in [0.717, 1.165) is 34.0 Å². The number of amides is 1. The summed E-state index contributed by atoms with van der Waals surface area (Å²) in [5.74, 6) is -0.180. The largest absolute Gasteiger partial charge is 0.412 e. The molecule has 0 radical (unpaired) electrons. The summed E-state index contributed by atoms with van der Waals surface area (Å²) in [5, 5.41) is 17.5. The van der Waals surface area contributed by atoms with Crippen LogP contribution in [0.1, 0.15) is 50.6 Å². The van der Waals surface area contributed by atoms with Crippen LogP contribution in [0.4, 0.5) is 0 Å². The zero-order valence-electron chi connectivity index (χ0n) is 19.1. The smallest absolute Gasteiger partial charge is 0.312 e. The van der Waals surface area contributed by atoms with E-state index in [1.807, 2.05) is 42.8 Å². The highest BCUT2D eigenvalue weighted by molar-refractivity contribution is 7.37. The molecule has 6 heterocycles. The highest BCUT2D eigenvalue weighted by Crippen LogP contribution is 2.36. The minimum atomic E-state index is -0.492. The van der Waals surface area contributed by atoms with Gasteiger partial charge in [-0.05, 0) is 25.1 Å².